The Morgan fingerprint density at radius 3 is 2.08 bits per heavy atom. The highest BCUT2D eigenvalue weighted by atomic mass is 35.5. The second-order valence-corrected chi connectivity index (χ2v) is 5.85. The highest BCUT2D eigenvalue weighted by molar-refractivity contribution is 6.30. The molecule has 0 aliphatic heterocycles. The number of carbonyl (C=O) groups excluding carboxylic acids is 2. The number of hydrogen-bond donors (Lipinski definition) is 2. The van der Waals surface area contributed by atoms with Gasteiger partial charge in [-0.2, -0.15) is 0 Å². The fourth-order valence-corrected chi connectivity index (χ4v) is 2.56. The van der Waals surface area contributed by atoms with Gasteiger partial charge in [0.15, 0.2) is 0 Å². The van der Waals surface area contributed by atoms with Gasteiger partial charge in [0.25, 0.3) is 5.91 Å². The molecule has 0 bridgehead atoms. The summed E-state index contributed by atoms with van der Waals surface area (Å²) < 4.78 is 5.51. The number of carbonyl (C=O) groups is 2. The molecular formula is C18H19ClN2O3. The summed E-state index contributed by atoms with van der Waals surface area (Å²) in [6.45, 7) is 1.86. The molecule has 2 atom stereocenters. The van der Waals surface area contributed by atoms with Gasteiger partial charge in [-0.05, 0) is 48.9 Å². The number of benzene rings is 2. The number of amides is 2. The number of primary amides is 1. The van der Waals surface area contributed by atoms with Crippen molar-refractivity contribution in [1.29, 1.82) is 0 Å². The summed E-state index contributed by atoms with van der Waals surface area (Å²) in [6.07, 6.45) is -0.309. The van der Waals surface area contributed by atoms with Crippen molar-refractivity contribution in [3.05, 3.63) is 70.2 Å². The molecule has 2 amide bonds. The summed E-state index contributed by atoms with van der Waals surface area (Å²) in [5.74, 6) is -0.785. The predicted molar refractivity (Wildman–Crippen MR) is 93.1 cm³/mol. The van der Waals surface area contributed by atoms with Crippen LogP contribution in [0.4, 0.5) is 0 Å². The quantitative estimate of drug-likeness (QED) is 0.843. The summed E-state index contributed by atoms with van der Waals surface area (Å²) in [4.78, 5) is 23.4. The molecule has 0 saturated carbocycles. The zero-order valence-corrected chi connectivity index (χ0v) is 14.2. The van der Waals surface area contributed by atoms with Crippen molar-refractivity contribution in [3.63, 3.8) is 0 Å². The van der Waals surface area contributed by atoms with Gasteiger partial charge in [0, 0.05) is 23.3 Å². The lowest BCUT2D eigenvalue weighted by Gasteiger charge is -2.24. The molecule has 126 valence electrons. The first-order chi connectivity index (χ1) is 11.4. The van der Waals surface area contributed by atoms with Crippen molar-refractivity contribution in [2.75, 3.05) is 7.11 Å². The first-order valence-corrected chi connectivity index (χ1v) is 7.79. The van der Waals surface area contributed by atoms with E-state index in [1.807, 2.05) is 19.1 Å². The number of hydrogen-bond acceptors (Lipinski definition) is 3. The molecule has 0 saturated heterocycles. The van der Waals surface area contributed by atoms with Crippen LogP contribution in [0.25, 0.3) is 0 Å². The van der Waals surface area contributed by atoms with E-state index in [9.17, 15) is 9.59 Å². The normalized spacial score (nSPS) is 13.1. The maximum absolute atomic E-state index is 12.3. The number of halogens is 1. The van der Waals surface area contributed by atoms with Gasteiger partial charge in [-0.15, -0.1) is 0 Å². The van der Waals surface area contributed by atoms with Gasteiger partial charge in [-0.3, -0.25) is 9.59 Å². The van der Waals surface area contributed by atoms with E-state index in [0.29, 0.717) is 16.1 Å². The molecule has 2 rings (SSSR count). The van der Waals surface area contributed by atoms with Gasteiger partial charge >= 0.3 is 0 Å². The first kappa shape index (κ1) is 18.0. The summed E-state index contributed by atoms with van der Waals surface area (Å²) >= 11 is 5.90. The summed E-state index contributed by atoms with van der Waals surface area (Å²) in [5, 5.41) is 3.53. The van der Waals surface area contributed by atoms with E-state index in [4.69, 9.17) is 22.1 Å². The Kier molecular flexibility index (Phi) is 5.95. The molecule has 3 N–H and O–H groups in total. The SMILES string of the molecule is CO[C@H](c1ccc(Cl)cc1)[C@H](C)NC(=O)c1ccc(C(N)=O)cc1. The fourth-order valence-electron chi connectivity index (χ4n) is 2.43. The van der Waals surface area contributed by atoms with Crippen LogP contribution in [0.2, 0.25) is 5.02 Å². The highest BCUT2D eigenvalue weighted by Gasteiger charge is 2.21. The third kappa shape index (κ3) is 4.34. The van der Waals surface area contributed by atoms with Crippen LogP contribution in [0, 0.1) is 0 Å². The lowest BCUT2D eigenvalue weighted by atomic mass is 10.0. The van der Waals surface area contributed by atoms with E-state index in [1.54, 1.807) is 31.4 Å². The maximum Gasteiger partial charge on any atom is 0.251 e. The topological polar surface area (TPSA) is 81.4 Å². The van der Waals surface area contributed by atoms with Crippen molar-refractivity contribution in [2.45, 2.75) is 19.1 Å². The Bertz CT molecular complexity index is 714. The fraction of sp³-hybridized carbons (Fsp3) is 0.222. The molecule has 0 aliphatic carbocycles. The molecule has 0 fully saturated rings. The predicted octanol–water partition coefficient (Wildman–Crippen LogP) is 2.94. The molecular weight excluding hydrogens is 328 g/mol. The van der Waals surface area contributed by atoms with Gasteiger partial charge in [0.1, 0.15) is 6.10 Å². The largest absolute Gasteiger partial charge is 0.375 e. The van der Waals surface area contributed by atoms with E-state index in [2.05, 4.69) is 5.32 Å². The van der Waals surface area contributed by atoms with Crippen LogP contribution in [0.1, 0.15) is 39.3 Å². The molecule has 0 aliphatic rings. The van der Waals surface area contributed by atoms with Crippen molar-refractivity contribution in [2.24, 2.45) is 5.73 Å². The van der Waals surface area contributed by atoms with Crippen molar-refractivity contribution < 1.29 is 14.3 Å². The highest BCUT2D eigenvalue weighted by Crippen LogP contribution is 2.22. The monoisotopic (exact) mass is 346 g/mol. The third-order valence-electron chi connectivity index (χ3n) is 3.70. The second-order valence-electron chi connectivity index (χ2n) is 5.41. The Balaban J connectivity index is 2.08. The van der Waals surface area contributed by atoms with Gasteiger partial charge < -0.3 is 15.8 Å². The number of methoxy groups -OCH3 is 1. The van der Waals surface area contributed by atoms with Gasteiger partial charge in [0.2, 0.25) is 5.91 Å². The molecule has 24 heavy (non-hydrogen) atoms. The van der Waals surface area contributed by atoms with Gasteiger partial charge in [0.05, 0.1) is 6.04 Å². The molecule has 2 aromatic rings. The van der Waals surface area contributed by atoms with E-state index in [-0.39, 0.29) is 18.1 Å². The number of nitrogens with one attached hydrogen (secondary N) is 1. The minimum absolute atomic E-state index is 0.255. The standard InChI is InChI=1S/C18H19ClN2O3/c1-11(16(24-2)12-7-9-15(19)10-8-12)21-18(23)14-5-3-13(4-6-14)17(20)22/h3-11,16H,1-2H3,(H2,20,22)(H,21,23)/t11-,16-/m0/s1. The smallest absolute Gasteiger partial charge is 0.251 e. The molecule has 2 aromatic carbocycles. The average Bonchev–Trinajstić information content (AvgIpc) is 2.57. The molecule has 0 unspecified atom stereocenters. The molecule has 0 aromatic heterocycles. The van der Waals surface area contributed by atoms with E-state index in [0.717, 1.165) is 5.56 Å². The van der Waals surface area contributed by atoms with Crippen LogP contribution in [0.3, 0.4) is 0 Å². The van der Waals surface area contributed by atoms with Crippen LogP contribution in [0.5, 0.6) is 0 Å². The minimum atomic E-state index is -0.530. The molecule has 0 heterocycles. The number of rotatable bonds is 6. The zero-order valence-electron chi connectivity index (χ0n) is 13.5. The summed E-state index contributed by atoms with van der Waals surface area (Å²) in [6, 6.07) is 13.2. The van der Waals surface area contributed by atoms with Crippen LogP contribution in [-0.2, 0) is 4.74 Å². The molecule has 0 radical (unpaired) electrons. The van der Waals surface area contributed by atoms with Crippen molar-refractivity contribution in [1.82, 2.24) is 5.32 Å². The third-order valence-corrected chi connectivity index (χ3v) is 3.95. The Morgan fingerprint density at radius 2 is 1.58 bits per heavy atom. The van der Waals surface area contributed by atoms with Gasteiger partial charge in [-0.1, -0.05) is 23.7 Å². The van der Waals surface area contributed by atoms with E-state index in [1.165, 1.54) is 12.1 Å². The van der Waals surface area contributed by atoms with Crippen LogP contribution in [-0.4, -0.2) is 25.0 Å². The maximum atomic E-state index is 12.3. The molecule has 5 nitrogen and oxygen atoms in total. The second kappa shape index (κ2) is 7.95. The Labute approximate surface area is 145 Å². The van der Waals surface area contributed by atoms with Crippen LogP contribution >= 0.6 is 11.6 Å². The summed E-state index contributed by atoms with van der Waals surface area (Å²) in [7, 11) is 1.59. The lowest BCUT2D eigenvalue weighted by molar-refractivity contribution is 0.0645. The number of nitrogens with two attached hydrogens (primary N) is 1. The van der Waals surface area contributed by atoms with E-state index < -0.39 is 5.91 Å². The van der Waals surface area contributed by atoms with Crippen molar-refractivity contribution in [3.8, 4) is 0 Å². The van der Waals surface area contributed by atoms with Crippen LogP contribution in [0.15, 0.2) is 48.5 Å². The lowest BCUT2D eigenvalue weighted by Crippen LogP contribution is -2.37. The Morgan fingerprint density at radius 1 is 1.04 bits per heavy atom. The van der Waals surface area contributed by atoms with Gasteiger partial charge in [-0.25, -0.2) is 0 Å². The average molecular weight is 347 g/mol. The minimum Gasteiger partial charge on any atom is -0.375 e. The van der Waals surface area contributed by atoms with Crippen LogP contribution < -0.4 is 11.1 Å². The molecule has 0 spiro atoms. The first-order valence-electron chi connectivity index (χ1n) is 7.41. The number of ether oxygens (including phenoxy) is 1. The van der Waals surface area contributed by atoms with Crippen molar-refractivity contribution >= 4 is 23.4 Å². The van der Waals surface area contributed by atoms with E-state index >= 15 is 0 Å². The summed E-state index contributed by atoms with van der Waals surface area (Å²) in [5.41, 5.74) is 6.90. The molecule has 6 heteroatoms. The zero-order chi connectivity index (χ0) is 17.7. The Hall–Kier alpha value is -2.37.